The molecule has 0 saturated carbocycles. The third kappa shape index (κ3) is 9.75. The maximum atomic E-state index is 15.1. The minimum Gasteiger partial charge on any atom is -0.356 e. The number of nitrogens with zero attached hydrogens (tertiary/aromatic N) is 2. The Morgan fingerprint density at radius 2 is 1.68 bits per heavy atom. The third-order valence-electron chi connectivity index (χ3n) is 12.0. The first-order valence-corrected chi connectivity index (χ1v) is 22.9. The molecule has 3 heterocycles. The van der Waals surface area contributed by atoms with E-state index in [-0.39, 0.29) is 67.0 Å². The van der Waals surface area contributed by atoms with Crippen LogP contribution in [0.15, 0.2) is 66.7 Å². The molecule has 0 bridgehead atoms. The molecule has 0 aliphatic carbocycles. The van der Waals surface area contributed by atoms with E-state index in [9.17, 15) is 27.6 Å². The molecule has 2 saturated heterocycles. The quantitative estimate of drug-likeness (QED) is 0.107. The highest BCUT2D eigenvalue weighted by Gasteiger charge is 2.53. The van der Waals surface area contributed by atoms with Gasteiger partial charge in [-0.15, -0.1) is 0 Å². The van der Waals surface area contributed by atoms with Gasteiger partial charge in [0.25, 0.3) is 5.91 Å². The lowest BCUT2D eigenvalue weighted by Crippen LogP contribution is -2.59. The average molecular weight is 876 g/mol. The minimum absolute atomic E-state index is 0.117. The fraction of sp³-hybridized carbons (Fsp3) is 0.457. The van der Waals surface area contributed by atoms with Crippen LogP contribution in [0.4, 0.5) is 0 Å². The van der Waals surface area contributed by atoms with Gasteiger partial charge in [-0.3, -0.25) is 29.3 Å². The predicted octanol–water partition coefficient (Wildman–Crippen LogP) is 7.00. The minimum atomic E-state index is -3.60. The standard InChI is InChI=1S/C46H52Cl2N4O7S/c1-28(2)39(27-60(58,59)29(3)4)52-42(31-16-18-33(47)19-17-31)36(32-13-9-14-34(48)23-32)24-46(5,45(52)57)25-41(54)49-22-8-6-7-11-30-12-10-15-35-37(30)26-51(44(35)56)38-20-21-40(53)50-43(38)55/h9-10,12-19,23,28-29,36,38-39,42H,6,8,20-22,24-27H2,1-5H3,(H,49,54)(H,50,53,55)/t36-,38?,39-,42-,46-/m1/s1. The zero-order valence-electron chi connectivity index (χ0n) is 34.6. The van der Waals surface area contributed by atoms with E-state index in [0.29, 0.717) is 47.0 Å². The fourth-order valence-electron chi connectivity index (χ4n) is 8.62. The summed E-state index contributed by atoms with van der Waals surface area (Å²) in [4.78, 5) is 69.5. The van der Waals surface area contributed by atoms with Crippen LogP contribution < -0.4 is 10.6 Å². The summed E-state index contributed by atoms with van der Waals surface area (Å²) in [6, 6.07) is 18.1. The van der Waals surface area contributed by atoms with Crippen molar-refractivity contribution >= 4 is 62.6 Å². The molecule has 5 amide bonds. The first-order valence-electron chi connectivity index (χ1n) is 20.5. The number of sulfone groups is 1. The van der Waals surface area contributed by atoms with E-state index in [2.05, 4.69) is 22.5 Å². The maximum Gasteiger partial charge on any atom is 0.255 e. The van der Waals surface area contributed by atoms with E-state index in [1.54, 1.807) is 56.0 Å². The van der Waals surface area contributed by atoms with Gasteiger partial charge in [0.15, 0.2) is 9.84 Å². The molecule has 14 heteroatoms. The first-order chi connectivity index (χ1) is 28.4. The molecule has 3 aliphatic heterocycles. The van der Waals surface area contributed by atoms with Crippen molar-refractivity contribution in [2.45, 2.75) is 109 Å². The Hall–Kier alpha value is -4.70. The Bertz CT molecular complexity index is 2340. The van der Waals surface area contributed by atoms with E-state index < -0.39 is 44.5 Å². The first kappa shape index (κ1) is 44.8. The summed E-state index contributed by atoms with van der Waals surface area (Å²) in [5, 5.41) is 5.71. The zero-order chi connectivity index (χ0) is 43.5. The molecular weight excluding hydrogens is 823 g/mol. The summed E-state index contributed by atoms with van der Waals surface area (Å²) in [6.45, 7) is 9.45. The van der Waals surface area contributed by atoms with E-state index >= 15 is 4.79 Å². The van der Waals surface area contributed by atoms with E-state index in [1.165, 1.54) is 4.90 Å². The number of hydrogen-bond acceptors (Lipinski definition) is 7. The van der Waals surface area contributed by atoms with Gasteiger partial charge < -0.3 is 15.1 Å². The van der Waals surface area contributed by atoms with Gasteiger partial charge in [-0.05, 0) is 92.1 Å². The summed E-state index contributed by atoms with van der Waals surface area (Å²) in [5.41, 5.74) is 2.39. The number of nitrogens with one attached hydrogen (secondary N) is 2. The van der Waals surface area contributed by atoms with Gasteiger partial charge in [0.2, 0.25) is 23.6 Å². The Balaban J connectivity index is 1.19. The molecule has 1 unspecified atom stereocenters. The number of unbranched alkanes of at least 4 members (excludes halogenated alkanes) is 1. The highest BCUT2D eigenvalue weighted by Crippen LogP contribution is 2.52. The van der Waals surface area contributed by atoms with Gasteiger partial charge in [-0.25, -0.2) is 8.42 Å². The van der Waals surface area contributed by atoms with Crippen LogP contribution in [0, 0.1) is 23.2 Å². The zero-order valence-corrected chi connectivity index (χ0v) is 36.9. The number of piperidine rings is 2. The van der Waals surface area contributed by atoms with Gasteiger partial charge in [-0.2, -0.15) is 0 Å². The molecule has 2 fully saturated rings. The topological polar surface area (TPSA) is 150 Å². The third-order valence-corrected chi connectivity index (χ3v) is 14.7. The van der Waals surface area contributed by atoms with Crippen LogP contribution in [0.3, 0.4) is 0 Å². The summed E-state index contributed by atoms with van der Waals surface area (Å²) in [6.07, 6.45) is 1.61. The van der Waals surface area contributed by atoms with Crippen molar-refractivity contribution in [3.63, 3.8) is 0 Å². The number of carbonyl (C=O) groups is 5. The molecule has 3 aliphatic rings. The van der Waals surface area contributed by atoms with Crippen LogP contribution in [0.1, 0.15) is 118 Å². The van der Waals surface area contributed by atoms with Crippen LogP contribution in [0.25, 0.3) is 0 Å². The number of carbonyl (C=O) groups excluding carboxylic acids is 5. The summed E-state index contributed by atoms with van der Waals surface area (Å²) in [5.74, 6) is 3.82. The van der Waals surface area contributed by atoms with Crippen LogP contribution in [-0.4, -0.2) is 77.4 Å². The molecule has 0 aromatic heterocycles. The molecular formula is C46H52Cl2N4O7S. The van der Waals surface area contributed by atoms with Crippen LogP contribution >= 0.6 is 23.2 Å². The van der Waals surface area contributed by atoms with Gasteiger partial charge in [0, 0.05) is 65.5 Å². The van der Waals surface area contributed by atoms with Crippen molar-refractivity contribution < 1.29 is 32.4 Å². The average Bonchev–Trinajstić information content (AvgIpc) is 3.52. The van der Waals surface area contributed by atoms with Gasteiger partial charge >= 0.3 is 0 Å². The number of amides is 5. The number of benzene rings is 3. The van der Waals surface area contributed by atoms with E-state index in [1.807, 2.05) is 50.2 Å². The number of halogens is 2. The second-order valence-corrected chi connectivity index (χ2v) is 20.5. The molecule has 0 radical (unpaired) electrons. The predicted molar refractivity (Wildman–Crippen MR) is 232 cm³/mol. The molecule has 11 nitrogen and oxygen atoms in total. The van der Waals surface area contributed by atoms with E-state index in [0.717, 1.165) is 16.7 Å². The van der Waals surface area contributed by atoms with Crippen LogP contribution in [0.5, 0.6) is 0 Å². The normalized spacial score (nSPS) is 22.4. The van der Waals surface area contributed by atoms with Gasteiger partial charge in [0.1, 0.15) is 6.04 Å². The molecule has 6 rings (SSSR count). The molecule has 0 spiro atoms. The SMILES string of the molecule is CC(C)[C@@H](CS(=O)(=O)C(C)C)N1C(=O)[C@@](C)(CC(=O)NCCCC#Cc2cccc3c2CN(C2CCC(=O)NC2=O)C3=O)C[C@H](c2cccc(Cl)c2)[C@H]1c1ccc(Cl)cc1. The molecule has 3 aromatic rings. The highest BCUT2D eigenvalue weighted by atomic mass is 35.5. The summed E-state index contributed by atoms with van der Waals surface area (Å²) >= 11 is 12.9. The van der Waals surface area contributed by atoms with E-state index in [4.69, 9.17) is 23.2 Å². The summed E-state index contributed by atoms with van der Waals surface area (Å²) in [7, 11) is -3.60. The fourth-order valence-corrected chi connectivity index (χ4v) is 10.3. The van der Waals surface area contributed by atoms with Crippen molar-refractivity contribution in [1.29, 1.82) is 0 Å². The molecule has 318 valence electrons. The lowest BCUT2D eigenvalue weighted by molar-refractivity contribution is -0.158. The van der Waals surface area contributed by atoms with Crippen molar-refractivity contribution in [2.24, 2.45) is 11.3 Å². The van der Waals surface area contributed by atoms with Gasteiger partial charge in [-0.1, -0.05) is 86.1 Å². The highest BCUT2D eigenvalue weighted by molar-refractivity contribution is 7.92. The number of likely N-dealkylation sites (tertiary alicyclic amines) is 1. The molecule has 60 heavy (non-hydrogen) atoms. The maximum absolute atomic E-state index is 15.1. The number of fused-ring (bicyclic) bond motifs is 1. The van der Waals surface area contributed by atoms with Crippen molar-refractivity contribution in [1.82, 2.24) is 20.4 Å². The summed E-state index contributed by atoms with van der Waals surface area (Å²) < 4.78 is 27.1. The smallest absolute Gasteiger partial charge is 0.255 e. The number of rotatable bonds is 13. The number of hydrogen-bond donors (Lipinski definition) is 2. The molecule has 2 N–H and O–H groups in total. The molecule has 3 aromatic carbocycles. The second kappa shape index (κ2) is 18.5. The lowest BCUT2D eigenvalue weighted by Gasteiger charge is -2.53. The van der Waals surface area contributed by atoms with Crippen molar-refractivity contribution in [3.05, 3.63) is 105 Å². The monoisotopic (exact) mass is 874 g/mol. The van der Waals surface area contributed by atoms with Crippen LogP contribution in [0.2, 0.25) is 10.0 Å². The largest absolute Gasteiger partial charge is 0.356 e. The molecule has 5 atom stereocenters. The Kier molecular flexibility index (Phi) is 13.8. The van der Waals surface area contributed by atoms with Crippen LogP contribution in [-0.2, 0) is 35.6 Å². The lowest BCUT2D eigenvalue weighted by atomic mass is 9.66. The second-order valence-electron chi connectivity index (χ2n) is 17.0. The van der Waals surface area contributed by atoms with Crippen molar-refractivity contribution in [3.8, 4) is 11.8 Å². The van der Waals surface area contributed by atoms with Crippen molar-refractivity contribution in [2.75, 3.05) is 12.3 Å². The van der Waals surface area contributed by atoms with Gasteiger partial charge in [0.05, 0.1) is 22.5 Å². The Labute approximate surface area is 362 Å². The Morgan fingerprint density at radius 3 is 2.35 bits per heavy atom. The Morgan fingerprint density at radius 1 is 0.967 bits per heavy atom. The number of imide groups is 1.